The van der Waals surface area contributed by atoms with Crippen molar-refractivity contribution >= 4 is 0 Å². The lowest BCUT2D eigenvalue weighted by Crippen LogP contribution is -1.95. The third kappa shape index (κ3) is 3.24. The van der Waals surface area contributed by atoms with E-state index >= 15 is 0 Å². The Hall–Kier alpha value is -1.71. The summed E-state index contributed by atoms with van der Waals surface area (Å²) in [5.74, 6) is 0. The van der Waals surface area contributed by atoms with Gasteiger partial charge in [0.2, 0.25) is 0 Å². The van der Waals surface area contributed by atoms with Crippen molar-refractivity contribution in [2.24, 2.45) is 5.73 Å². The molecule has 3 heteroatoms. The first-order valence-electron chi connectivity index (χ1n) is 7.04. The minimum absolute atomic E-state index is 0.743. The first kappa shape index (κ1) is 14.7. The number of ether oxygens (including phenoxy) is 1. The molecule has 0 spiro atoms. The first-order chi connectivity index (χ1) is 9.84. The number of rotatable bonds is 1. The van der Waals surface area contributed by atoms with E-state index in [0.717, 1.165) is 31.7 Å². The zero-order valence-electron chi connectivity index (χ0n) is 12.2. The molecule has 1 aromatic carbocycles. The number of nitrogens with two attached hydrogens (primary N) is 1. The van der Waals surface area contributed by atoms with Crippen LogP contribution in [-0.4, -0.2) is 18.6 Å². The normalized spacial score (nSPS) is 13.8. The van der Waals surface area contributed by atoms with Gasteiger partial charge in [0.1, 0.15) is 0 Å². The third-order valence-corrected chi connectivity index (χ3v) is 3.45. The Morgan fingerprint density at radius 2 is 2.05 bits per heavy atom. The number of hydrogen-bond donors (Lipinski definition) is 1. The highest BCUT2D eigenvalue weighted by Gasteiger charge is 2.13. The maximum Gasteiger partial charge on any atom is 0.0719 e. The second-order valence-corrected chi connectivity index (χ2v) is 4.79. The fraction of sp³-hybridized carbons (Fsp3) is 0.353. The van der Waals surface area contributed by atoms with Gasteiger partial charge in [0.15, 0.2) is 0 Å². The largest absolute Gasteiger partial charge is 0.377 e. The Morgan fingerprint density at radius 1 is 1.20 bits per heavy atom. The van der Waals surface area contributed by atoms with Crippen LogP contribution in [0.2, 0.25) is 0 Å². The third-order valence-electron chi connectivity index (χ3n) is 3.45. The van der Waals surface area contributed by atoms with Crippen molar-refractivity contribution < 1.29 is 4.74 Å². The van der Waals surface area contributed by atoms with Crippen LogP contribution in [0.1, 0.15) is 23.2 Å². The number of hydrogen-bond acceptors (Lipinski definition) is 3. The van der Waals surface area contributed by atoms with Gasteiger partial charge >= 0.3 is 0 Å². The molecule has 0 bridgehead atoms. The Balaban J connectivity index is 0.000000704. The van der Waals surface area contributed by atoms with E-state index in [1.807, 2.05) is 13.1 Å². The molecular formula is C17H22N2O. The number of benzene rings is 1. The van der Waals surface area contributed by atoms with Crippen molar-refractivity contribution in [3.63, 3.8) is 0 Å². The molecule has 0 unspecified atom stereocenters. The Labute approximate surface area is 120 Å². The van der Waals surface area contributed by atoms with E-state index in [0.29, 0.717) is 0 Å². The smallest absolute Gasteiger partial charge is 0.0719 e. The van der Waals surface area contributed by atoms with Crippen molar-refractivity contribution in [1.82, 2.24) is 4.98 Å². The first-order valence-corrected chi connectivity index (χ1v) is 7.04. The summed E-state index contributed by atoms with van der Waals surface area (Å²) in [6.07, 6.45) is 4.10. The predicted octanol–water partition coefficient (Wildman–Crippen LogP) is 3.09. The fourth-order valence-electron chi connectivity index (χ4n) is 2.58. The van der Waals surface area contributed by atoms with E-state index in [1.165, 1.54) is 29.3 Å². The lowest BCUT2D eigenvalue weighted by Gasteiger charge is -2.12. The number of aromatic nitrogens is 1. The van der Waals surface area contributed by atoms with Gasteiger partial charge in [-0.05, 0) is 61.2 Å². The zero-order valence-corrected chi connectivity index (χ0v) is 12.2. The van der Waals surface area contributed by atoms with Crippen molar-refractivity contribution in [2.75, 3.05) is 13.7 Å². The number of fused-ring (bicyclic) bond motifs is 1. The molecule has 2 heterocycles. The second kappa shape index (κ2) is 7.17. The van der Waals surface area contributed by atoms with E-state index in [4.69, 9.17) is 4.74 Å². The molecule has 0 radical (unpaired) electrons. The SMILES string of the molecule is CN.Cc1cc(-c2cccc3c2CCCOC3)ccn1. The van der Waals surface area contributed by atoms with Crippen LogP contribution in [0.25, 0.3) is 11.1 Å². The van der Waals surface area contributed by atoms with Crippen LogP contribution in [-0.2, 0) is 17.8 Å². The average molecular weight is 270 g/mol. The van der Waals surface area contributed by atoms with Crippen molar-refractivity contribution in [3.05, 3.63) is 53.3 Å². The van der Waals surface area contributed by atoms with Gasteiger partial charge in [-0.1, -0.05) is 18.2 Å². The van der Waals surface area contributed by atoms with Gasteiger partial charge in [0, 0.05) is 18.5 Å². The average Bonchev–Trinajstić information content (AvgIpc) is 2.74. The molecule has 20 heavy (non-hydrogen) atoms. The fourth-order valence-corrected chi connectivity index (χ4v) is 2.58. The molecule has 1 aliphatic rings. The van der Waals surface area contributed by atoms with E-state index in [-0.39, 0.29) is 0 Å². The molecule has 1 aliphatic heterocycles. The van der Waals surface area contributed by atoms with Crippen LogP contribution >= 0.6 is 0 Å². The molecule has 0 saturated heterocycles. The molecule has 0 saturated carbocycles. The van der Waals surface area contributed by atoms with Gasteiger partial charge < -0.3 is 10.5 Å². The second-order valence-electron chi connectivity index (χ2n) is 4.79. The molecule has 0 atom stereocenters. The topological polar surface area (TPSA) is 48.1 Å². The number of pyridine rings is 1. The van der Waals surface area contributed by atoms with Gasteiger partial charge in [-0.2, -0.15) is 0 Å². The van der Waals surface area contributed by atoms with Gasteiger partial charge in [0.05, 0.1) is 6.61 Å². The standard InChI is InChI=1S/C16H17NO.CH5N/c1-12-10-13(7-8-17-12)15-5-2-4-14-11-18-9-3-6-16(14)15;1-2/h2,4-5,7-8,10H,3,6,9,11H2,1H3;2H2,1H3. The van der Waals surface area contributed by atoms with Gasteiger partial charge in [0.25, 0.3) is 0 Å². The predicted molar refractivity (Wildman–Crippen MR) is 82.5 cm³/mol. The molecule has 1 aromatic heterocycles. The van der Waals surface area contributed by atoms with Crippen molar-refractivity contribution in [3.8, 4) is 11.1 Å². The summed E-state index contributed by atoms with van der Waals surface area (Å²) in [7, 11) is 1.50. The molecule has 106 valence electrons. The van der Waals surface area contributed by atoms with E-state index < -0.39 is 0 Å². The highest BCUT2D eigenvalue weighted by Crippen LogP contribution is 2.29. The van der Waals surface area contributed by atoms with Crippen LogP contribution in [0.4, 0.5) is 0 Å². The van der Waals surface area contributed by atoms with Crippen LogP contribution in [0.15, 0.2) is 36.5 Å². The van der Waals surface area contributed by atoms with Crippen LogP contribution in [0, 0.1) is 6.92 Å². The van der Waals surface area contributed by atoms with Crippen LogP contribution in [0.3, 0.4) is 0 Å². The van der Waals surface area contributed by atoms with Gasteiger partial charge in [-0.3, -0.25) is 4.98 Å². The Morgan fingerprint density at radius 3 is 2.85 bits per heavy atom. The lowest BCUT2D eigenvalue weighted by molar-refractivity contribution is 0.125. The van der Waals surface area contributed by atoms with Crippen molar-refractivity contribution in [1.29, 1.82) is 0 Å². The highest BCUT2D eigenvalue weighted by molar-refractivity contribution is 5.69. The quantitative estimate of drug-likeness (QED) is 0.866. The lowest BCUT2D eigenvalue weighted by atomic mass is 9.93. The number of nitrogens with zero attached hydrogens (tertiary/aromatic N) is 1. The number of aryl methyl sites for hydroxylation is 1. The monoisotopic (exact) mass is 270 g/mol. The molecule has 0 amide bonds. The summed E-state index contributed by atoms with van der Waals surface area (Å²) >= 11 is 0. The molecule has 0 aliphatic carbocycles. The molecule has 0 fully saturated rings. The van der Waals surface area contributed by atoms with Crippen LogP contribution in [0.5, 0.6) is 0 Å². The van der Waals surface area contributed by atoms with Crippen molar-refractivity contribution in [2.45, 2.75) is 26.4 Å². The minimum atomic E-state index is 0.743. The maximum atomic E-state index is 5.62. The summed E-state index contributed by atoms with van der Waals surface area (Å²) in [6, 6.07) is 10.8. The van der Waals surface area contributed by atoms with Crippen LogP contribution < -0.4 is 5.73 Å². The van der Waals surface area contributed by atoms with E-state index in [9.17, 15) is 0 Å². The Bertz CT molecular complexity index is 567. The molecule has 3 rings (SSSR count). The summed E-state index contributed by atoms with van der Waals surface area (Å²) < 4.78 is 5.62. The molecule has 3 nitrogen and oxygen atoms in total. The Kier molecular flexibility index (Phi) is 5.27. The minimum Gasteiger partial charge on any atom is -0.377 e. The summed E-state index contributed by atoms with van der Waals surface area (Å²) in [5, 5.41) is 0. The molecule has 2 aromatic rings. The summed E-state index contributed by atoms with van der Waals surface area (Å²) in [5.41, 5.74) is 10.9. The summed E-state index contributed by atoms with van der Waals surface area (Å²) in [4.78, 5) is 4.27. The maximum absolute atomic E-state index is 5.62. The van der Waals surface area contributed by atoms with E-state index in [1.54, 1.807) is 0 Å². The summed E-state index contributed by atoms with van der Waals surface area (Å²) in [6.45, 7) is 3.64. The highest BCUT2D eigenvalue weighted by atomic mass is 16.5. The van der Waals surface area contributed by atoms with E-state index in [2.05, 4.69) is 41.0 Å². The molecule has 2 N–H and O–H groups in total. The zero-order chi connectivity index (χ0) is 14.4. The molecular weight excluding hydrogens is 248 g/mol. The van der Waals surface area contributed by atoms with Gasteiger partial charge in [-0.15, -0.1) is 0 Å². The van der Waals surface area contributed by atoms with Gasteiger partial charge in [-0.25, -0.2) is 0 Å².